The van der Waals surface area contributed by atoms with Crippen LogP contribution in [0.3, 0.4) is 0 Å². The number of hydrogen-bond donors (Lipinski definition) is 0. The van der Waals surface area contributed by atoms with Crippen LogP contribution in [0.15, 0.2) is 40.9 Å². The van der Waals surface area contributed by atoms with Gasteiger partial charge in [0.2, 0.25) is 0 Å². The summed E-state index contributed by atoms with van der Waals surface area (Å²) in [6, 6.07) is 12.7. The van der Waals surface area contributed by atoms with Crippen LogP contribution in [0.5, 0.6) is 11.5 Å². The molecule has 1 heterocycles. The Morgan fingerprint density at radius 1 is 1.09 bits per heavy atom. The topological polar surface area (TPSA) is 21.7 Å². The van der Waals surface area contributed by atoms with Crippen LogP contribution < -0.4 is 9.47 Å². The summed E-state index contributed by atoms with van der Waals surface area (Å²) in [7, 11) is 5.51. The number of fused-ring (bicyclic) bond motifs is 1. The molecule has 1 aliphatic rings. The highest BCUT2D eigenvalue weighted by molar-refractivity contribution is 9.10. The molecular formula is C18H20BrNO2. The van der Waals surface area contributed by atoms with Crippen LogP contribution in [0, 0.1) is 0 Å². The second kappa shape index (κ2) is 6.31. The van der Waals surface area contributed by atoms with Gasteiger partial charge in [-0.05, 0) is 41.9 Å². The number of rotatable bonds is 3. The van der Waals surface area contributed by atoms with Crippen LogP contribution in [0.2, 0.25) is 0 Å². The Bertz CT molecular complexity index is 687. The lowest BCUT2D eigenvalue weighted by molar-refractivity contribution is 0.293. The zero-order chi connectivity index (χ0) is 15.7. The summed E-state index contributed by atoms with van der Waals surface area (Å²) in [6.07, 6.45) is 0. The van der Waals surface area contributed by atoms with E-state index < -0.39 is 0 Å². The third-order valence-electron chi connectivity index (χ3n) is 4.26. The average Bonchev–Trinajstić information content (AvgIpc) is 2.54. The van der Waals surface area contributed by atoms with Crippen molar-refractivity contribution in [2.45, 2.75) is 12.5 Å². The number of methoxy groups -OCH3 is 2. The molecule has 1 unspecified atom stereocenters. The molecule has 2 aromatic carbocycles. The van der Waals surface area contributed by atoms with E-state index in [4.69, 9.17) is 9.47 Å². The molecule has 0 radical (unpaired) electrons. The number of likely N-dealkylation sites (N-methyl/N-ethyl adjacent to an activating group) is 1. The number of halogens is 1. The normalized spacial score (nSPS) is 17.9. The molecule has 0 aliphatic carbocycles. The number of hydrogen-bond acceptors (Lipinski definition) is 3. The highest BCUT2D eigenvalue weighted by atomic mass is 79.9. The summed E-state index contributed by atoms with van der Waals surface area (Å²) < 4.78 is 12.0. The van der Waals surface area contributed by atoms with E-state index in [2.05, 4.69) is 58.2 Å². The van der Waals surface area contributed by atoms with E-state index in [1.165, 1.54) is 21.2 Å². The summed E-state index contributed by atoms with van der Waals surface area (Å²) in [5.74, 6) is 1.89. The molecule has 1 atom stereocenters. The Balaban J connectivity index is 2.08. The van der Waals surface area contributed by atoms with Gasteiger partial charge in [0.25, 0.3) is 0 Å². The van der Waals surface area contributed by atoms with Gasteiger partial charge in [-0.15, -0.1) is 0 Å². The molecular weight excluding hydrogens is 342 g/mol. The molecule has 3 nitrogen and oxygen atoms in total. The van der Waals surface area contributed by atoms with Crippen molar-refractivity contribution in [1.82, 2.24) is 4.90 Å². The monoisotopic (exact) mass is 361 g/mol. The van der Waals surface area contributed by atoms with E-state index in [-0.39, 0.29) is 0 Å². The van der Waals surface area contributed by atoms with Crippen molar-refractivity contribution in [3.8, 4) is 11.5 Å². The van der Waals surface area contributed by atoms with Gasteiger partial charge in [0.1, 0.15) is 0 Å². The summed E-state index contributed by atoms with van der Waals surface area (Å²) >= 11 is 3.69. The van der Waals surface area contributed by atoms with Crippen LogP contribution >= 0.6 is 15.9 Å². The lowest BCUT2D eigenvalue weighted by Crippen LogP contribution is -2.31. The molecule has 4 heteroatoms. The molecule has 3 rings (SSSR count). The largest absolute Gasteiger partial charge is 0.493 e. The van der Waals surface area contributed by atoms with Gasteiger partial charge in [-0.1, -0.05) is 34.1 Å². The molecule has 2 aromatic rings. The molecule has 22 heavy (non-hydrogen) atoms. The van der Waals surface area contributed by atoms with Gasteiger partial charge < -0.3 is 14.4 Å². The summed E-state index contributed by atoms with van der Waals surface area (Å²) in [5, 5.41) is 0. The van der Waals surface area contributed by atoms with E-state index in [9.17, 15) is 0 Å². The van der Waals surface area contributed by atoms with Gasteiger partial charge in [-0.25, -0.2) is 0 Å². The van der Waals surface area contributed by atoms with E-state index in [0.717, 1.165) is 24.6 Å². The fourth-order valence-electron chi connectivity index (χ4n) is 3.17. The lowest BCUT2D eigenvalue weighted by atomic mass is 9.85. The second-order valence-corrected chi connectivity index (χ2v) is 6.53. The highest BCUT2D eigenvalue weighted by Crippen LogP contribution is 2.39. The number of benzene rings is 2. The first-order valence-corrected chi connectivity index (χ1v) is 8.11. The Labute approximate surface area is 140 Å². The van der Waals surface area contributed by atoms with E-state index in [1.807, 2.05) is 6.07 Å². The maximum atomic E-state index is 5.46. The zero-order valence-electron chi connectivity index (χ0n) is 13.1. The minimum absolute atomic E-state index is 0.339. The molecule has 0 N–H and O–H groups in total. The van der Waals surface area contributed by atoms with Gasteiger partial charge >= 0.3 is 0 Å². The van der Waals surface area contributed by atoms with Crippen molar-refractivity contribution in [3.05, 3.63) is 57.6 Å². The Kier molecular flexibility index (Phi) is 4.41. The standard InChI is InChI=1S/C18H20BrNO2/c1-20-10-14(13-5-4-6-16(19)15(13)11-20)12-7-8-17(21-2)18(9-12)22-3/h4-9,14H,10-11H2,1-3H3. The smallest absolute Gasteiger partial charge is 0.161 e. The fraction of sp³-hybridized carbons (Fsp3) is 0.333. The van der Waals surface area contributed by atoms with Crippen molar-refractivity contribution in [3.63, 3.8) is 0 Å². The van der Waals surface area contributed by atoms with Gasteiger partial charge in [0, 0.05) is 23.5 Å². The molecule has 0 saturated heterocycles. The number of ether oxygens (including phenoxy) is 2. The van der Waals surface area contributed by atoms with Gasteiger partial charge in [-0.2, -0.15) is 0 Å². The summed E-state index contributed by atoms with van der Waals surface area (Å²) in [4.78, 5) is 2.36. The SMILES string of the molecule is COc1ccc(C2CN(C)Cc3c(Br)cccc32)cc1OC. The fourth-order valence-corrected chi connectivity index (χ4v) is 3.67. The lowest BCUT2D eigenvalue weighted by Gasteiger charge is -2.33. The zero-order valence-corrected chi connectivity index (χ0v) is 14.7. The Morgan fingerprint density at radius 2 is 1.86 bits per heavy atom. The third-order valence-corrected chi connectivity index (χ3v) is 5.01. The molecule has 0 spiro atoms. The predicted molar refractivity (Wildman–Crippen MR) is 91.9 cm³/mol. The van der Waals surface area contributed by atoms with Crippen LogP contribution in [-0.2, 0) is 6.54 Å². The predicted octanol–water partition coefficient (Wildman–Crippen LogP) is 4.04. The van der Waals surface area contributed by atoms with E-state index in [1.54, 1.807) is 14.2 Å². The van der Waals surface area contributed by atoms with Crippen molar-refractivity contribution in [2.75, 3.05) is 27.8 Å². The molecule has 0 aromatic heterocycles. The molecule has 0 amide bonds. The molecule has 0 fully saturated rings. The van der Waals surface area contributed by atoms with E-state index in [0.29, 0.717) is 5.92 Å². The van der Waals surface area contributed by atoms with Crippen LogP contribution in [-0.4, -0.2) is 32.7 Å². The van der Waals surface area contributed by atoms with E-state index >= 15 is 0 Å². The van der Waals surface area contributed by atoms with Gasteiger partial charge in [-0.3, -0.25) is 0 Å². The van der Waals surface area contributed by atoms with Crippen LogP contribution in [0.25, 0.3) is 0 Å². The Hall–Kier alpha value is -1.52. The maximum Gasteiger partial charge on any atom is 0.161 e. The first-order valence-electron chi connectivity index (χ1n) is 7.31. The summed E-state index contributed by atoms with van der Waals surface area (Å²) in [6.45, 7) is 1.97. The quantitative estimate of drug-likeness (QED) is 0.823. The minimum atomic E-state index is 0.339. The summed E-state index contributed by atoms with van der Waals surface area (Å²) in [5.41, 5.74) is 4.01. The van der Waals surface area contributed by atoms with Crippen molar-refractivity contribution in [2.24, 2.45) is 0 Å². The van der Waals surface area contributed by atoms with Crippen LogP contribution in [0.1, 0.15) is 22.6 Å². The molecule has 1 aliphatic heterocycles. The first kappa shape index (κ1) is 15.4. The molecule has 0 saturated carbocycles. The molecule has 0 bridgehead atoms. The van der Waals surface area contributed by atoms with Gasteiger partial charge in [0.15, 0.2) is 11.5 Å². The molecule has 116 valence electrons. The minimum Gasteiger partial charge on any atom is -0.493 e. The van der Waals surface area contributed by atoms with Gasteiger partial charge in [0.05, 0.1) is 14.2 Å². The van der Waals surface area contributed by atoms with Crippen LogP contribution in [0.4, 0.5) is 0 Å². The first-order chi connectivity index (χ1) is 10.6. The van der Waals surface area contributed by atoms with Crippen molar-refractivity contribution in [1.29, 1.82) is 0 Å². The van der Waals surface area contributed by atoms with Crippen molar-refractivity contribution >= 4 is 15.9 Å². The maximum absolute atomic E-state index is 5.46. The number of nitrogens with zero attached hydrogens (tertiary/aromatic N) is 1. The third kappa shape index (κ3) is 2.73. The average molecular weight is 362 g/mol. The van der Waals surface area contributed by atoms with Crippen molar-refractivity contribution < 1.29 is 9.47 Å². The second-order valence-electron chi connectivity index (χ2n) is 5.67. The Morgan fingerprint density at radius 3 is 2.59 bits per heavy atom. The highest BCUT2D eigenvalue weighted by Gasteiger charge is 2.26.